The molecule has 0 aliphatic carbocycles. The minimum Gasteiger partial charge on any atom is -0.378 e. The van der Waals surface area contributed by atoms with E-state index in [1.807, 2.05) is 24.3 Å². The van der Waals surface area contributed by atoms with Crippen molar-refractivity contribution in [2.45, 2.75) is 13.8 Å². The Morgan fingerprint density at radius 2 is 1.62 bits per heavy atom. The summed E-state index contributed by atoms with van der Waals surface area (Å²) in [6.45, 7) is 6.38. The lowest BCUT2D eigenvalue weighted by atomic mass is 10.1. The van der Waals surface area contributed by atoms with Crippen molar-refractivity contribution in [1.29, 1.82) is 0 Å². The Morgan fingerprint density at radius 1 is 0.844 bits per heavy atom. The van der Waals surface area contributed by atoms with Crippen LogP contribution in [-0.2, 0) is 4.74 Å². The Balaban J connectivity index is 1.51. The Morgan fingerprint density at radius 3 is 2.41 bits per heavy atom. The van der Waals surface area contributed by atoms with Crippen LogP contribution < -0.4 is 10.6 Å². The molecule has 1 aliphatic rings. The molecule has 0 radical (unpaired) electrons. The average molecular weight is 430 g/mol. The molecule has 32 heavy (non-hydrogen) atoms. The lowest BCUT2D eigenvalue weighted by Gasteiger charge is -2.27. The summed E-state index contributed by atoms with van der Waals surface area (Å²) in [4.78, 5) is 27.6. The number of rotatable bonds is 5. The molecule has 6 nitrogen and oxygen atoms in total. The van der Waals surface area contributed by atoms with E-state index in [1.54, 1.807) is 35.2 Å². The summed E-state index contributed by atoms with van der Waals surface area (Å²) >= 11 is 0. The first-order chi connectivity index (χ1) is 15.5. The number of anilines is 3. The molecule has 0 spiro atoms. The van der Waals surface area contributed by atoms with E-state index in [4.69, 9.17) is 4.74 Å². The molecule has 1 saturated heterocycles. The third-order valence-electron chi connectivity index (χ3n) is 5.62. The summed E-state index contributed by atoms with van der Waals surface area (Å²) in [5.74, 6) is -0.297. The second kappa shape index (κ2) is 9.66. The highest BCUT2D eigenvalue weighted by molar-refractivity contribution is 6.09. The summed E-state index contributed by atoms with van der Waals surface area (Å²) in [6.07, 6.45) is 0. The van der Waals surface area contributed by atoms with Crippen LogP contribution in [0.1, 0.15) is 31.8 Å². The maximum absolute atomic E-state index is 13.1. The van der Waals surface area contributed by atoms with E-state index in [-0.39, 0.29) is 11.8 Å². The van der Waals surface area contributed by atoms with Crippen LogP contribution in [0.3, 0.4) is 0 Å². The maximum atomic E-state index is 13.1. The first kappa shape index (κ1) is 21.6. The maximum Gasteiger partial charge on any atom is 0.257 e. The van der Waals surface area contributed by atoms with Crippen LogP contribution in [-0.4, -0.2) is 43.0 Å². The van der Waals surface area contributed by atoms with Gasteiger partial charge in [-0.15, -0.1) is 0 Å². The molecule has 0 saturated carbocycles. The van der Waals surface area contributed by atoms with E-state index in [9.17, 15) is 9.59 Å². The van der Waals surface area contributed by atoms with Crippen LogP contribution in [0.15, 0.2) is 66.7 Å². The van der Waals surface area contributed by atoms with Gasteiger partial charge in [0.2, 0.25) is 0 Å². The number of nitrogens with one attached hydrogen (secondary N) is 2. The first-order valence-corrected chi connectivity index (χ1v) is 10.7. The highest BCUT2D eigenvalue weighted by atomic mass is 16.5. The van der Waals surface area contributed by atoms with Crippen LogP contribution >= 0.6 is 0 Å². The van der Waals surface area contributed by atoms with Crippen molar-refractivity contribution in [3.8, 4) is 0 Å². The van der Waals surface area contributed by atoms with Gasteiger partial charge in [0, 0.05) is 30.0 Å². The number of amides is 2. The van der Waals surface area contributed by atoms with Crippen molar-refractivity contribution in [1.82, 2.24) is 4.90 Å². The molecule has 2 N–H and O–H groups in total. The topological polar surface area (TPSA) is 70.7 Å². The molecule has 164 valence electrons. The Bertz CT molecular complexity index is 1140. The first-order valence-electron chi connectivity index (χ1n) is 10.7. The minimum absolute atomic E-state index is 0.0544. The quantitative estimate of drug-likeness (QED) is 0.613. The Hall–Kier alpha value is -3.64. The number of carbonyl (C=O) groups excluding carboxylic acids is 2. The molecular weight excluding hydrogens is 402 g/mol. The number of carbonyl (C=O) groups is 2. The van der Waals surface area contributed by atoms with E-state index in [0.29, 0.717) is 48.8 Å². The van der Waals surface area contributed by atoms with Gasteiger partial charge in [-0.05, 0) is 67.4 Å². The van der Waals surface area contributed by atoms with Gasteiger partial charge < -0.3 is 20.3 Å². The highest BCUT2D eigenvalue weighted by Crippen LogP contribution is 2.24. The molecule has 0 atom stereocenters. The lowest BCUT2D eigenvalue weighted by Crippen LogP contribution is -2.40. The van der Waals surface area contributed by atoms with Gasteiger partial charge in [0.15, 0.2) is 0 Å². The SMILES string of the molecule is Cc1ccc(Nc2ccccc2C(=O)Nc2cccc(C(=O)N3CCOCC3)c2)cc1C. The summed E-state index contributed by atoms with van der Waals surface area (Å²) in [7, 11) is 0. The van der Waals surface area contributed by atoms with Gasteiger partial charge in [-0.3, -0.25) is 9.59 Å². The molecule has 2 amide bonds. The van der Waals surface area contributed by atoms with Crippen LogP contribution in [0.25, 0.3) is 0 Å². The third-order valence-corrected chi connectivity index (χ3v) is 5.62. The van der Waals surface area contributed by atoms with Crippen molar-refractivity contribution in [3.63, 3.8) is 0 Å². The van der Waals surface area contributed by atoms with Crippen molar-refractivity contribution in [3.05, 3.63) is 89.0 Å². The molecule has 6 heteroatoms. The average Bonchev–Trinajstić information content (AvgIpc) is 2.82. The van der Waals surface area contributed by atoms with E-state index in [0.717, 1.165) is 5.69 Å². The van der Waals surface area contributed by atoms with Gasteiger partial charge in [0.1, 0.15) is 0 Å². The molecule has 3 aromatic carbocycles. The van der Waals surface area contributed by atoms with E-state index < -0.39 is 0 Å². The van der Waals surface area contributed by atoms with Crippen LogP contribution in [0.5, 0.6) is 0 Å². The number of morpholine rings is 1. The zero-order chi connectivity index (χ0) is 22.5. The van der Waals surface area contributed by atoms with Crippen LogP contribution in [0, 0.1) is 13.8 Å². The predicted molar refractivity (Wildman–Crippen MR) is 127 cm³/mol. The number of ether oxygens (including phenoxy) is 1. The Kier molecular flexibility index (Phi) is 6.52. The standard InChI is InChI=1S/C26H27N3O3/c1-18-10-11-22(16-19(18)2)27-24-9-4-3-8-23(24)25(30)28-21-7-5-6-20(17-21)26(31)29-12-14-32-15-13-29/h3-11,16-17,27H,12-15H2,1-2H3,(H,28,30). The molecule has 0 aromatic heterocycles. The fourth-order valence-electron chi connectivity index (χ4n) is 3.64. The molecule has 0 unspecified atom stereocenters. The normalized spacial score (nSPS) is 13.5. The van der Waals surface area contributed by atoms with Gasteiger partial charge in [0.25, 0.3) is 11.8 Å². The van der Waals surface area contributed by atoms with E-state index in [1.165, 1.54) is 11.1 Å². The van der Waals surface area contributed by atoms with Crippen molar-refractivity contribution >= 4 is 28.9 Å². The largest absolute Gasteiger partial charge is 0.378 e. The molecule has 3 aromatic rings. The molecule has 1 fully saturated rings. The van der Waals surface area contributed by atoms with Crippen LogP contribution in [0.4, 0.5) is 17.1 Å². The number of benzene rings is 3. The fraction of sp³-hybridized carbons (Fsp3) is 0.231. The summed E-state index contributed by atoms with van der Waals surface area (Å²) in [5.41, 5.74) is 5.68. The third kappa shape index (κ3) is 4.98. The number of nitrogens with zero attached hydrogens (tertiary/aromatic N) is 1. The van der Waals surface area contributed by atoms with Gasteiger partial charge in [-0.25, -0.2) is 0 Å². The monoisotopic (exact) mass is 429 g/mol. The van der Waals surface area contributed by atoms with Gasteiger partial charge in [-0.1, -0.05) is 24.3 Å². The lowest BCUT2D eigenvalue weighted by molar-refractivity contribution is 0.0303. The van der Waals surface area contributed by atoms with Gasteiger partial charge in [0.05, 0.1) is 24.5 Å². The molecule has 1 aliphatic heterocycles. The minimum atomic E-state index is -0.243. The van der Waals surface area contributed by atoms with Crippen molar-refractivity contribution in [2.75, 3.05) is 36.9 Å². The predicted octanol–water partition coefficient (Wildman–Crippen LogP) is 4.77. The summed E-state index contributed by atoms with van der Waals surface area (Å²) < 4.78 is 5.32. The summed E-state index contributed by atoms with van der Waals surface area (Å²) in [5, 5.41) is 6.28. The second-order valence-corrected chi connectivity index (χ2v) is 7.91. The van der Waals surface area contributed by atoms with E-state index in [2.05, 4.69) is 36.6 Å². The molecule has 0 bridgehead atoms. The number of para-hydroxylation sites is 1. The number of hydrogen-bond acceptors (Lipinski definition) is 4. The number of aryl methyl sites for hydroxylation is 2. The number of hydrogen-bond donors (Lipinski definition) is 2. The fourth-order valence-corrected chi connectivity index (χ4v) is 3.64. The van der Waals surface area contributed by atoms with Crippen molar-refractivity contribution < 1.29 is 14.3 Å². The van der Waals surface area contributed by atoms with E-state index >= 15 is 0 Å². The van der Waals surface area contributed by atoms with Gasteiger partial charge in [-0.2, -0.15) is 0 Å². The van der Waals surface area contributed by atoms with Crippen LogP contribution in [0.2, 0.25) is 0 Å². The smallest absolute Gasteiger partial charge is 0.257 e. The van der Waals surface area contributed by atoms with Crippen molar-refractivity contribution in [2.24, 2.45) is 0 Å². The molecule has 1 heterocycles. The zero-order valence-electron chi connectivity index (χ0n) is 18.4. The van der Waals surface area contributed by atoms with Gasteiger partial charge >= 0.3 is 0 Å². The Labute approximate surface area is 188 Å². The highest BCUT2D eigenvalue weighted by Gasteiger charge is 2.19. The molecule has 4 rings (SSSR count). The second-order valence-electron chi connectivity index (χ2n) is 7.91. The molecular formula is C26H27N3O3. The zero-order valence-corrected chi connectivity index (χ0v) is 18.4. The summed E-state index contributed by atoms with van der Waals surface area (Å²) in [6, 6.07) is 20.5.